The fourth-order valence-electron chi connectivity index (χ4n) is 0.670. The van der Waals surface area contributed by atoms with Crippen molar-refractivity contribution in [1.82, 2.24) is 4.98 Å². The SMILES string of the molecule is [2H]C([2H])(Oc1nc(F)c(Cl)c(N)c1Cl)C(=O)O. The molecule has 3 N–H and O–H groups in total. The average Bonchev–Trinajstić information content (AvgIpc) is 2.22. The fourth-order valence-corrected chi connectivity index (χ4v) is 1.03. The number of hydrogen-bond acceptors (Lipinski definition) is 4. The lowest BCUT2D eigenvalue weighted by molar-refractivity contribution is -0.139. The quantitative estimate of drug-likeness (QED) is 0.802. The monoisotopic (exact) mass is 256 g/mol. The summed E-state index contributed by atoms with van der Waals surface area (Å²) in [5, 5.41) is 7.44. The second-order valence-electron chi connectivity index (χ2n) is 2.26. The Morgan fingerprint density at radius 3 is 2.80 bits per heavy atom. The molecule has 0 aromatic carbocycles. The number of aromatic nitrogens is 1. The summed E-state index contributed by atoms with van der Waals surface area (Å²) in [6.07, 6.45) is 0. The largest absolute Gasteiger partial charge is 0.479 e. The van der Waals surface area contributed by atoms with Crippen LogP contribution in [0.5, 0.6) is 5.88 Å². The van der Waals surface area contributed by atoms with Crippen LogP contribution in [0.25, 0.3) is 0 Å². The van der Waals surface area contributed by atoms with Crippen molar-refractivity contribution in [2.24, 2.45) is 0 Å². The van der Waals surface area contributed by atoms with Gasteiger partial charge in [-0.1, -0.05) is 23.2 Å². The summed E-state index contributed by atoms with van der Waals surface area (Å²) in [4.78, 5) is 13.5. The van der Waals surface area contributed by atoms with E-state index in [1.54, 1.807) is 0 Å². The number of hydrogen-bond donors (Lipinski definition) is 2. The predicted molar refractivity (Wildman–Crippen MR) is 51.8 cm³/mol. The number of nitrogens with two attached hydrogens (primary N) is 1. The Bertz CT molecular complexity index is 487. The highest BCUT2D eigenvalue weighted by molar-refractivity contribution is 6.39. The van der Waals surface area contributed by atoms with Crippen LogP contribution < -0.4 is 10.5 Å². The van der Waals surface area contributed by atoms with E-state index in [9.17, 15) is 9.18 Å². The van der Waals surface area contributed by atoms with Gasteiger partial charge in [-0.3, -0.25) is 0 Å². The molecule has 0 atom stereocenters. The second kappa shape index (κ2) is 4.50. The van der Waals surface area contributed by atoms with Gasteiger partial charge in [0.15, 0.2) is 6.56 Å². The van der Waals surface area contributed by atoms with Crippen molar-refractivity contribution in [2.45, 2.75) is 0 Å². The van der Waals surface area contributed by atoms with E-state index < -0.39 is 40.1 Å². The van der Waals surface area contributed by atoms with Crippen LogP contribution in [0.3, 0.4) is 0 Å². The van der Waals surface area contributed by atoms with Gasteiger partial charge in [-0.2, -0.15) is 9.37 Å². The highest BCUT2D eigenvalue weighted by Crippen LogP contribution is 2.35. The lowest BCUT2D eigenvalue weighted by atomic mass is 10.4. The van der Waals surface area contributed by atoms with Gasteiger partial charge in [-0.05, 0) is 0 Å². The van der Waals surface area contributed by atoms with Crippen molar-refractivity contribution in [1.29, 1.82) is 0 Å². The van der Waals surface area contributed by atoms with Gasteiger partial charge in [0.2, 0.25) is 11.8 Å². The molecule has 15 heavy (non-hydrogen) atoms. The first kappa shape index (κ1) is 8.99. The number of nitrogens with zero attached hydrogens (tertiary/aromatic N) is 1. The summed E-state index contributed by atoms with van der Waals surface area (Å²) in [6.45, 7) is -3.12. The molecule has 1 rings (SSSR count). The second-order valence-corrected chi connectivity index (χ2v) is 3.01. The van der Waals surface area contributed by atoms with E-state index in [0.717, 1.165) is 0 Å². The van der Waals surface area contributed by atoms with Gasteiger partial charge in [0.05, 0.1) is 8.43 Å². The minimum absolute atomic E-state index is 0.419. The van der Waals surface area contributed by atoms with Gasteiger partial charge in [0.25, 0.3) is 0 Å². The normalized spacial score (nSPS) is 13.0. The van der Waals surface area contributed by atoms with Crippen LogP contribution in [0, 0.1) is 5.95 Å². The van der Waals surface area contributed by atoms with Crippen molar-refractivity contribution in [3.05, 3.63) is 16.0 Å². The van der Waals surface area contributed by atoms with Crippen LogP contribution in [0.4, 0.5) is 10.1 Å². The molecule has 0 unspecified atom stereocenters. The molecule has 0 bridgehead atoms. The molecular weight excluding hydrogens is 250 g/mol. The van der Waals surface area contributed by atoms with Crippen LogP contribution in [0.1, 0.15) is 2.74 Å². The number of rotatable bonds is 3. The van der Waals surface area contributed by atoms with Crippen molar-refractivity contribution in [3.8, 4) is 5.88 Å². The zero-order chi connectivity index (χ0) is 13.4. The molecule has 82 valence electrons. The third kappa shape index (κ3) is 2.60. The topological polar surface area (TPSA) is 85.4 Å². The van der Waals surface area contributed by atoms with Crippen LogP contribution in [0.2, 0.25) is 10.0 Å². The maximum absolute atomic E-state index is 13.1. The zero-order valence-corrected chi connectivity index (χ0v) is 8.43. The Labute approximate surface area is 96.4 Å². The number of carboxylic acids is 1. The molecule has 0 saturated heterocycles. The van der Waals surface area contributed by atoms with E-state index in [-0.39, 0.29) is 0 Å². The Morgan fingerprint density at radius 1 is 1.67 bits per heavy atom. The molecule has 1 aromatic heterocycles. The van der Waals surface area contributed by atoms with Crippen LogP contribution in [0.15, 0.2) is 0 Å². The Hall–Kier alpha value is -1.27. The minimum Gasteiger partial charge on any atom is -0.479 e. The highest BCUT2D eigenvalue weighted by atomic mass is 35.5. The number of anilines is 1. The van der Waals surface area contributed by atoms with Crippen molar-refractivity contribution in [2.75, 3.05) is 12.3 Å². The number of carboxylic acid groups (broad SMARTS) is 1. The molecule has 1 aromatic rings. The zero-order valence-electron chi connectivity index (χ0n) is 8.92. The third-order valence-electron chi connectivity index (χ3n) is 1.28. The van der Waals surface area contributed by atoms with E-state index in [4.69, 9.17) is 36.8 Å². The molecule has 0 amide bonds. The summed E-state index contributed by atoms with van der Waals surface area (Å²) >= 11 is 10.9. The molecule has 0 aliphatic carbocycles. The summed E-state index contributed by atoms with van der Waals surface area (Å²) in [5.41, 5.74) is 4.87. The van der Waals surface area contributed by atoms with E-state index in [2.05, 4.69) is 9.72 Å². The molecule has 0 saturated carbocycles. The molecule has 0 aliphatic heterocycles. The first-order valence-corrected chi connectivity index (χ1v) is 4.14. The lowest BCUT2D eigenvalue weighted by Gasteiger charge is -2.07. The Kier molecular flexibility index (Phi) is 2.70. The van der Waals surface area contributed by atoms with Gasteiger partial charge in [0, 0.05) is 0 Å². The molecule has 0 radical (unpaired) electrons. The summed E-state index contributed by atoms with van der Waals surface area (Å²) in [5.74, 6) is -3.97. The number of nitrogen functional groups attached to an aromatic ring is 1. The van der Waals surface area contributed by atoms with Crippen molar-refractivity contribution in [3.63, 3.8) is 0 Å². The Balaban J connectivity index is 3.21. The van der Waals surface area contributed by atoms with Gasteiger partial charge < -0.3 is 15.6 Å². The molecule has 0 spiro atoms. The smallest absolute Gasteiger partial charge is 0.341 e. The van der Waals surface area contributed by atoms with E-state index in [1.807, 2.05) is 0 Å². The molecule has 5 nitrogen and oxygen atoms in total. The standard InChI is InChI=1S/C7H5Cl2FN2O3/c8-3-5(11)4(9)7(12-6(3)10)15-1-2(13)14/h1H2,(H2,11,12)(H,13,14)/i1D2. The van der Waals surface area contributed by atoms with Crippen LogP contribution in [-0.4, -0.2) is 22.6 Å². The molecule has 8 heteroatoms. The summed E-state index contributed by atoms with van der Waals surface area (Å²) in [6, 6.07) is 0. The van der Waals surface area contributed by atoms with Gasteiger partial charge in [0.1, 0.15) is 10.0 Å². The maximum Gasteiger partial charge on any atom is 0.341 e. The third-order valence-corrected chi connectivity index (χ3v) is 2.00. The lowest BCUT2D eigenvalue weighted by Crippen LogP contribution is -2.11. The number of aliphatic carboxylic acids is 1. The first-order valence-electron chi connectivity index (χ1n) is 4.39. The van der Waals surface area contributed by atoms with Crippen LogP contribution >= 0.6 is 23.2 Å². The van der Waals surface area contributed by atoms with Gasteiger partial charge >= 0.3 is 5.97 Å². The summed E-state index contributed by atoms with van der Waals surface area (Å²) in [7, 11) is 0. The van der Waals surface area contributed by atoms with E-state index in [1.165, 1.54) is 0 Å². The molecule has 0 aliphatic rings. The highest BCUT2D eigenvalue weighted by Gasteiger charge is 2.16. The van der Waals surface area contributed by atoms with Crippen LogP contribution in [-0.2, 0) is 4.79 Å². The van der Waals surface area contributed by atoms with Gasteiger partial charge in [-0.25, -0.2) is 4.79 Å². The Morgan fingerprint density at radius 2 is 2.27 bits per heavy atom. The average molecular weight is 257 g/mol. The predicted octanol–water partition coefficient (Wildman–Crippen LogP) is 1.57. The van der Waals surface area contributed by atoms with E-state index in [0.29, 0.717) is 0 Å². The fraction of sp³-hybridized carbons (Fsp3) is 0.143. The molecule has 1 heterocycles. The molecule has 0 fully saturated rings. The van der Waals surface area contributed by atoms with Crippen molar-refractivity contribution < 1.29 is 21.8 Å². The molecular formula is C7H5Cl2FN2O3. The van der Waals surface area contributed by atoms with Gasteiger partial charge in [-0.15, -0.1) is 0 Å². The minimum atomic E-state index is -3.12. The summed E-state index contributed by atoms with van der Waals surface area (Å²) < 4.78 is 31.3. The number of halogens is 3. The number of carbonyl (C=O) groups is 1. The van der Waals surface area contributed by atoms with Crippen molar-refractivity contribution >= 4 is 34.9 Å². The maximum atomic E-state index is 13.1. The first-order chi connectivity index (χ1) is 7.66. The number of ether oxygens (including phenoxy) is 1. The van der Waals surface area contributed by atoms with E-state index >= 15 is 0 Å². The number of pyridine rings is 1.